The minimum absolute atomic E-state index is 0.167. The van der Waals surface area contributed by atoms with Crippen molar-refractivity contribution in [1.82, 2.24) is 10.2 Å². The number of nitrogens with one attached hydrogen (secondary N) is 1. The summed E-state index contributed by atoms with van der Waals surface area (Å²) in [7, 11) is 1.93. The van der Waals surface area contributed by atoms with Gasteiger partial charge in [-0.15, -0.1) is 11.3 Å². The number of aryl methyl sites for hydroxylation is 1. The fraction of sp³-hybridized carbons (Fsp3) is 0.643. The van der Waals surface area contributed by atoms with Gasteiger partial charge >= 0.3 is 0 Å². The first kappa shape index (κ1) is 13.6. The summed E-state index contributed by atoms with van der Waals surface area (Å²) < 4.78 is 0. The van der Waals surface area contributed by atoms with Gasteiger partial charge in [-0.3, -0.25) is 4.79 Å². The van der Waals surface area contributed by atoms with Crippen LogP contribution in [0.4, 0.5) is 0 Å². The van der Waals surface area contributed by atoms with E-state index >= 15 is 0 Å². The molecular weight excluding hydrogens is 244 g/mol. The van der Waals surface area contributed by atoms with E-state index in [2.05, 4.69) is 30.6 Å². The molecule has 2 rings (SSSR count). The Morgan fingerprint density at radius 1 is 1.61 bits per heavy atom. The Morgan fingerprint density at radius 3 is 2.89 bits per heavy atom. The first-order valence-electron chi connectivity index (χ1n) is 6.58. The van der Waals surface area contributed by atoms with Crippen molar-refractivity contribution in [2.75, 3.05) is 20.1 Å². The standard InChI is InChI=1S/C14H22N2OS/c1-4-14(6-7-15-10-14)13(17)16(3)9-12-11(2)5-8-18-12/h5,8,15H,4,6-7,9-10H2,1-3H3. The maximum atomic E-state index is 12.6. The maximum absolute atomic E-state index is 12.6. The molecule has 1 N–H and O–H groups in total. The molecule has 0 radical (unpaired) electrons. The van der Waals surface area contributed by atoms with E-state index in [4.69, 9.17) is 0 Å². The van der Waals surface area contributed by atoms with Crippen LogP contribution in [0.3, 0.4) is 0 Å². The van der Waals surface area contributed by atoms with Crippen LogP contribution in [-0.2, 0) is 11.3 Å². The van der Waals surface area contributed by atoms with Crippen LogP contribution in [-0.4, -0.2) is 30.9 Å². The SMILES string of the molecule is CCC1(C(=O)N(C)Cc2sccc2C)CCNC1. The number of nitrogens with zero attached hydrogens (tertiary/aromatic N) is 1. The lowest BCUT2D eigenvalue weighted by Gasteiger charge is -2.30. The van der Waals surface area contributed by atoms with Crippen LogP contribution in [0.1, 0.15) is 30.2 Å². The smallest absolute Gasteiger partial charge is 0.230 e. The molecule has 18 heavy (non-hydrogen) atoms. The summed E-state index contributed by atoms with van der Waals surface area (Å²) >= 11 is 1.73. The molecule has 1 aliphatic rings. The van der Waals surface area contributed by atoms with Crippen molar-refractivity contribution in [1.29, 1.82) is 0 Å². The Hall–Kier alpha value is -0.870. The van der Waals surface area contributed by atoms with E-state index < -0.39 is 0 Å². The van der Waals surface area contributed by atoms with Gasteiger partial charge in [0.05, 0.1) is 12.0 Å². The van der Waals surface area contributed by atoms with Crippen LogP contribution >= 0.6 is 11.3 Å². The summed E-state index contributed by atoms with van der Waals surface area (Å²) in [5, 5.41) is 5.42. The molecule has 1 amide bonds. The van der Waals surface area contributed by atoms with Crippen LogP contribution in [0, 0.1) is 12.3 Å². The Kier molecular flexibility index (Phi) is 4.07. The normalized spacial score (nSPS) is 23.3. The third kappa shape index (κ3) is 2.45. The zero-order valence-corrected chi connectivity index (χ0v) is 12.3. The quantitative estimate of drug-likeness (QED) is 0.907. The lowest BCUT2D eigenvalue weighted by atomic mass is 9.83. The largest absolute Gasteiger partial charge is 0.340 e. The first-order chi connectivity index (χ1) is 8.59. The summed E-state index contributed by atoms with van der Waals surface area (Å²) in [6.07, 6.45) is 1.89. The van der Waals surface area contributed by atoms with Crippen molar-refractivity contribution in [3.05, 3.63) is 21.9 Å². The number of amides is 1. The Morgan fingerprint density at radius 2 is 2.39 bits per heavy atom. The molecule has 2 heterocycles. The molecule has 1 aliphatic heterocycles. The van der Waals surface area contributed by atoms with Crippen molar-refractivity contribution in [3.8, 4) is 0 Å². The minimum atomic E-state index is -0.167. The predicted octanol–water partition coefficient (Wildman–Crippen LogP) is 2.40. The van der Waals surface area contributed by atoms with Crippen molar-refractivity contribution >= 4 is 17.2 Å². The second kappa shape index (κ2) is 5.41. The number of carbonyl (C=O) groups excluding carboxylic acids is 1. The fourth-order valence-electron chi connectivity index (χ4n) is 2.64. The first-order valence-corrected chi connectivity index (χ1v) is 7.46. The topological polar surface area (TPSA) is 32.3 Å². The molecular formula is C14H22N2OS. The molecule has 0 spiro atoms. The molecule has 1 fully saturated rings. The monoisotopic (exact) mass is 266 g/mol. The third-order valence-corrected chi connectivity index (χ3v) is 5.08. The van der Waals surface area contributed by atoms with E-state index in [0.717, 1.165) is 32.5 Å². The van der Waals surface area contributed by atoms with E-state index in [-0.39, 0.29) is 5.41 Å². The van der Waals surface area contributed by atoms with Gasteiger partial charge in [0.2, 0.25) is 5.91 Å². The second-order valence-corrected chi connectivity index (χ2v) is 6.25. The lowest BCUT2D eigenvalue weighted by Crippen LogP contribution is -2.42. The minimum Gasteiger partial charge on any atom is -0.340 e. The van der Waals surface area contributed by atoms with E-state index in [9.17, 15) is 4.79 Å². The summed E-state index contributed by atoms with van der Waals surface area (Å²) in [5.74, 6) is 0.294. The van der Waals surface area contributed by atoms with E-state index in [1.54, 1.807) is 11.3 Å². The van der Waals surface area contributed by atoms with E-state index in [1.165, 1.54) is 10.4 Å². The highest BCUT2D eigenvalue weighted by atomic mass is 32.1. The van der Waals surface area contributed by atoms with Gasteiger partial charge in [0.1, 0.15) is 0 Å². The van der Waals surface area contributed by atoms with Gasteiger partial charge in [-0.05, 0) is 43.3 Å². The summed E-state index contributed by atoms with van der Waals surface area (Å²) in [5.41, 5.74) is 1.12. The summed E-state index contributed by atoms with van der Waals surface area (Å²) in [4.78, 5) is 15.8. The third-order valence-electron chi connectivity index (χ3n) is 4.07. The van der Waals surface area contributed by atoms with Crippen molar-refractivity contribution < 1.29 is 4.79 Å². The molecule has 0 aromatic carbocycles. The van der Waals surface area contributed by atoms with Crippen molar-refractivity contribution in [3.63, 3.8) is 0 Å². The number of thiophene rings is 1. The molecule has 4 heteroatoms. The van der Waals surface area contributed by atoms with Gasteiger partial charge in [0, 0.05) is 18.5 Å². The highest BCUT2D eigenvalue weighted by Gasteiger charge is 2.41. The Labute approximate surface area is 113 Å². The van der Waals surface area contributed by atoms with Gasteiger partial charge in [-0.2, -0.15) is 0 Å². The summed E-state index contributed by atoms with van der Waals surface area (Å²) in [6, 6.07) is 2.12. The molecule has 3 nitrogen and oxygen atoms in total. The van der Waals surface area contributed by atoms with Gasteiger partial charge in [0.25, 0.3) is 0 Å². The average Bonchev–Trinajstić information content (AvgIpc) is 2.99. The van der Waals surface area contributed by atoms with Gasteiger partial charge in [-0.25, -0.2) is 0 Å². The van der Waals surface area contributed by atoms with Gasteiger partial charge in [-0.1, -0.05) is 6.92 Å². The zero-order valence-electron chi connectivity index (χ0n) is 11.5. The van der Waals surface area contributed by atoms with E-state index in [1.807, 2.05) is 11.9 Å². The molecule has 0 bridgehead atoms. The molecule has 100 valence electrons. The Balaban J connectivity index is 2.06. The van der Waals surface area contributed by atoms with Gasteiger partial charge in [0.15, 0.2) is 0 Å². The Bertz CT molecular complexity index is 421. The average molecular weight is 266 g/mol. The van der Waals surface area contributed by atoms with Crippen molar-refractivity contribution in [2.24, 2.45) is 5.41 Å². The van der Waals surface area contributed by atoms with Crippen LogP contribution < -0.4 is 5.32 Å². The van der Waals surface area contributed by atoms with Crippen LogP contribution in [0.5, 0.6) is 0 Å². The van der Waals surface area contributed by atoms with Gasteiger partial charge < -0.3 is 10.2 Å². The number of hydrogen-bond donors (Lipinski definition) is 1. The zero-order chi connectivity index (χ0) is 13.2. The molecule has 1 aromatic rings. The fourth-order valence-corrected chi connectivity index (χ4v) is 3.60. The second-order valence-electron chi connectivity index (χ2n) is 5.25. The number of hydrogen-bond acceptors (Lipinski definition) is 3. The lowest BCUT2D eigenvalue weighted by molar-refractivity contribution is -0.140. The molecule has 1 aromatic heterocycles. The van der Waals surface area contributed by atoms with E-state index in [0.29, 0.717) is 5.91 Å². The van der Waals surface area contributed by atoms with Crippen LogP contribution in [0.25, 0.3) is 0 Å². The highest BCUT2D eigenvalue weighted by molar-refractivity contribution is 7.10. The van der Waals surface area contributed by atoms with Crippen molar-refractivity contribution in [2.45, 2.75) is 33.2 Å². The van der Waals surface area contributed by atoms with Crippen LogP contribution in [0.2, 0.25) is 0 Å². The maximum Gasteiger partial charge on any atom is 0.230 e. The number of rotatable bonds is 4. The molecule has 1 atom stereocenters. The molecule has 1 saturated heterocycles. The molecule has 0 aliphatic carbocycles. The molecule has 0 saturated carbocycles. The summed E-state index contributed by atoms with van der Waals surface area (Å²) in [6.45, 7) is 6.76. The predicted molar refractivity (Wildman–Crippen MR) is 75.7 cm³/mol. The highest BCUT2D eigenvalue weighted by Crippen LogP contribution is 2.32. The van der Waals surface area contributed by atoms with Crippen LogP contribution in [0.15, 0.2) is 11.4 Å². The molecule has 1 unspecified atom stereocenters. The number of carbonyl (C=O) groups is 1.